The quantitative estimate of drug-likeness (QED) is 0.828. The Hall–Kier alpha value is -2.24. The monoisotopic (exact) mass is 281 g/mol. The molecule has 0 aromatic heterocycles. The fourth-order valence-electron chi connectivity index (χ4n) is 1.59. The molecule has 0 radical (unpaired) electrons. The van der Waals surface area contributed by atoms with Gasteiger partial charge in [-0.25, -0.2) is 4.79 Å². The Labute approximate surface area is 117 Å². The Balaban J connectivity index is 3.01. The van der Waals surface area contributed by atoms with Crippen LogP contribution in [0.1, 0.15) is 30.6 Å². The molecule has 0 saturated carbocycles. The van der Waals surface area contributed by atoms with Gasteiger partial charge in [-0.05, 0) is 31.5 Å². The van der Waals surface area contributed by atoms with Crippen molar-refractivity contribution in [2.45, 2.75) is 25.8 Å². The molecule has 1 aromatic carbocycles. The Bertz CT molecular complexity index is 514. The predicted octanol–water partition coefficient (Wildman–Crippen LogP) is 1.69. The van der Waals surface area contributed by atoms with E-state index in [4.69, 9.17) is 14.6 Å². The number of carboxylic acid groups (broad SMARTS) is 1. The molecule has 1 amide bonds. The van der Waals surface area contributed by atoms with Crippen LogP contribution in [-0.4, -0.2) is 36.7 Å². The number of ether oxygens (including phenoxy) is 2. The highest BCUT2D eigenvalue weighted by atomic mass is 16.5. The maximum absolute atomic E-state index is 12.1. The number of nitrogens with one attached hydrogen (secondary N) is 1. The molecule has 1 atom stereocenters. The van der Waals surface area contributed by atoms with Crippen LogP contribution in [0.3, 0.4) is 0 Å². The molecule has 6 nitrogen and oxygen atoms in total. The summed E-state index contributed by atoms with van der Waals surface area (Å²) in [5.74, 6) is -0.638. The number of rotatable bonds is 6. The number of carbonyl (C=O) groups excluding carboxylic acids is 1. The molecule has 0 aliphatic heterocycles. The lowest BCUT2D eigenvalue weighted by Crippen LogP contribution is -2.51. The molecular formula is C14H19NO5. The normalized spacial score (nSPS) is 13.2. The van der Waals surface area contributed by atoms with E-state index in [2.05, 4.69) is 5.32 Å². The summed E-state index contributed by atoms with van der Waals surface area (Å²) in [7, 11) is 2.96. The summed E-state index contributed by atoms with van der Waals surface area (Å²) in [5, 5.41) is 11.7. The topological polar surface area (TPSA) is 84.9 Å². The second kappa shape index (κ2) is 6.27. The van der Waals surface area contributed by atoms with Crippen molar-refractivity contribution in [2.24, 2.45) is 0 Å². The van der Waals surface area contributed by atoms with Crippen LogP contribution >= 0.6 is 0 Å². The number of amides is 1. The third kappa shape index (κ3) is 3.20. The van der Waals surface area contributed by atoms with Gasteiger partial charge in [0.05, 0.1) is 14.2 Å². The maximum atomic E-state index is 12.1. The highest BCUT2D eigenvalue weighted by Crippen LogP contribution is 2.27. The first kappa shape index (κ1) is 15.8. The number of carbonyl (C=O) groups is 2. The Kier molecular flexibility index (Phi) is 4.96. The molecular weight excluding hydrogens is 262 g/mol. The smallest absolute Gasteiger partial charge is 0.329 e. The minimum absolute atomic E-state index is 0.279. The lowest BCUT2D eigenvalue weighted by Gasteiger charge is -2.24. The van der Waals surface area contributed by atoms with Crippen LogP contribution in [0.5, 0.6) is 11.5 Å². The number of methoxy groups -OCH3 is 2. The zero-order chi connectivity index (χ0) is 15.3. The molecule has 0 bridgehead atoms. The minimum atomic E-state index is -1.30. The van der Waals surface area contributed by atoms with E-state index in [1.807, 2.05) is 0 Å². The lowest BCUT2D eigenvalue weighted by molar-refractivity contribution is -0.143. The van der Waals surface area contributed by atoms with Gasteiger partial charge in [-0.1, -0.05) is 6.92 Å². The number of hydrogen-bond donors (Lipinski definition) is 2. The molecule has 2 N–H and O–H groups in total. The Morgan fingerprint density at radius 3 is 2.30 bits per heavy atom. The molecule has 0 heterocycles. The largest absolute Gasteiger partial charge is 0.493 e. The fraction of sp³-hybridized carbons (Fsp3) is 0.429. The maximum Gasteiger partial charge on any atom is 0.329 e. The van der Waals surface area contributed by atoms with Crippen LogP contribution in [0.25, 0.3) is 0 Å². The van der Waals surface area contributed by atoms with E-state index in [0.717, 1.165) is 0 Å². The van der Waals surface area contributed by atoms with Crippen molar-refractivity contribution in [1.29, 1.82) is 0 Å². The number of hydrogen-bond acceptors (Lipinski definition) is 4. The molecule has 20 heavy (non-hydrogen) atoms. The van der Waals surface area contributed by atoms with E-state index in [1.54, 1.807) is 19.1 Å². The first-order valence-electron chi connectivity index (χ1n) is 6.16. The van der Waals surface area contributed by atoms with E-state index in [-0.39, 0.29) is 6.42 Å². The molecule has 0 saturated heterocycles. The van der Waals surface area contributed by atoms with E-state index < -0.39 is 17.4 Å². The Morgan fingerprint density at radius 2 is 1.85 bits per heavy atom. The second-order valence-electron chi connectivity index (χ2n) is 4.51. The standard InChI is InChI=1S/C14H19NO5/c1-5-14(2,13(17)18)15-12(16)9-6-7-10(19-3)11(8-9)20-4/h6-8H,5H2,1-4H3,(H,15,16)(H,17,18). The van der Waals surface area contributed by atoms with Gasteiger partial charge in [0.2, 0.25) is 0 Å². The zero-order valence-corrected chi connectivity index (χ0v) is 12.0. The van der Waals surface area contributed by atoms with Crippen LogP contribution in [0.2, 0.25) is 0 Å². The van der Waals surface area contributed by atoms with Crippen LogP contribution in [0.15, 0.2) is 18.2 Å². The average Bonchev–Trinajstić information content (AvgIpc) is 2.45. The summed E-state index contributed by atoms with van der Waals surface area (Å²) in [6.07, 6.45) is 0.279. The van der Waals surface area contributed by atoms with E-state index in [0.29, 0.717) is 17.1 Å². The summed E-state index contributed by atoms with van der Waals surface area (Å²) in [5.41, 5.74) is -0.992. The van der Waals surface area contributed by atoms with Crippen molar-refractivity contribution < 1.29 is 24.2 Å². The third-order valence-electron chi connectivity index (χ3n) is 3.21. The highest BCUT2D eigenvalue weighted by Gasteiger charge is 2.33. The second-order valence-corrected chi connectivity index (χ2v) is 4.51. The van der Waals surface area contributed by atoms with Gasteiger partial charge in [0.1, 0.15) is 5.54 Å². The number of benzene rings is 1. The van der Waals surface area contributed by atoms with Gasteiger partial charge in [0.15, 0.2) is 11.5 Å². The summed E-state index contributed by atoms with van der Waals surface area (Å²) >= 11 is 0. The van der Waals surface area contributed by atoms with Crippen molar-refractivity contribution in [3.63, 3.8) is 0 Å². The molecule has 110 valence electrons. The van der Waals surface area contributed by atoms with Gasteiger partial charge in [0, 0.05) is 5.56 Å². The summed E-state index contributed by atoms with van der Waals surface area (Å²) in [6, 6.07) is 4.65. The van der Waals surface area contributed by atoms with Crippen molar-refractivity contribution in [2.75, 3.05) is 14.2 Å². The zero-order valence-electron chi connectivity index (χ0n) is 12.0. The summed E-state index contributed by atoms with van der Waals surface area (Å²) in [6.45, 7) is 3.16. The van der Waals surface area contributed by atoms with Crippen LogP contribution in [0, 0.1) is 0 Å². The Morgan fingerprint density at radius 1 is 1.25 bits per heavy atom. The van der Waals surface area contributed by atoms with Gasteiger partial charge in [-0.3, -0.25) is 4.79 Å². The lowest BCUT2D eigenvalue weighted by atomic mass is 9.98. The first-order valence-corrected chi connectivity index (χ1v) is 6.16. The van der Waals surface area contributed by atoms with Crippen molar-refractivity contribution in [3.05, 3.63) is 23.8 Å². The summed E-state index contributed by atoms with van der Waals surface area (Å²) < 4.78 is 10.2. The summed E-state index contributed by atoms with van der Waals surface area (Å²) in [4.78, 5) is 23.3. The van der Waals surface area contributed by atoms with Crippen molar-refractivity contribution in [1.82, 2.24) is 5.32 Å². The SMILES string of the molecule is CCC(C)(NC(=O)c1ccc(OC)c(OC)c1)C(=O)O. The molecule has 0 aliphatic rings. The van der Waals surface area contributed by atoms with Crippen molar-refractivity contribution in [3.8, 4) is 11.5 Å². The molecule has 0 spiro atoms. The molecule has 0 fully saturated rings. The third-order valence-corrected chi connectivity index (χ3v) is 3.21. The van der Waals surface area contributed by atoms with Crippen molar-refractivity contribution >= 4 is 11.9 Å². The molecule has 1 rings (SSSR count). The first-order chi connectivity index (χ1) is 9.37. The van der Waals surface area contributed by atoms with Gasteiger partial charge in [-0.2, -0.15) is 0 Å². The average molecular weight is 281 g/mol. The van der Waals surface area contributed by atoms with Gasteiger partial charge in [0.25, 0.3) is 5.91 Å². The van der Waals surface area contributed by atoms with Gasteiger partial charge in [-0.15, -0.1) is 0 Å². The highest BCUT2D eigenvalue weighted by molar-refractivity contribution is 5.98. The molecule has 1 aromatic rings. The van der Waals surface area contributed by atoms with E-state index in [9.17, 15) is 9.59 Å². The van der Waals surface area contributed by atoms with Crippen LogP contribution in [-0.2, 0) is 4.79 Å². The van der Waals surface area contributed by atoms with E-state index in [1.165, 1.54) is 27.2 Å². The van der Waals surface area contributed by atoms with Crippen LogP contribution in [0.4, 0.5) is 0 Å². The molecule has 6 heteroatoms. The molecule has 1 unspecified atom stereocenters. The minimum Gasteiger partial charge on any atom is -0.493 e. The predicted molar refractivity (Wildman–Crippen MR) is 73.3 cm³/mol. The molecule has 0 aliphatic carbocycles. The fourth-order valence-corrected chi connectivity index (χ4v) is 1.59. The van der Waals surface area contributed by atoms with Gasteiger partial charge < -0.3 is 19.9 Å². The van der Waals surface area contributed by atoms with E-state index >= 15 is 0 Å². The van der Waals surface area contributed by atoms with Crippen LogP contribution < -0.4 is 14.8 Å². The van der Waals surface area contributed by atoms with Gasteiger partial charge >= 0.3 is 5.97 Å². The number of carboxylic acids is 1. The number of aliphatic carboxylic acids is 1.